The lowest BCUT2D eigenvalue weighted by Crippen LogP contribution is -2.50. The number of urea groups is 1. The van der Waals surface area contributed by atoms with Crippen molar-refractivity contribution in [2.45, 2.75) is 63.6 Å². The van der Waals surface area contributed by atoms with Gasteiger partial charge in [0.1, 0.15) is 0 Å². The number of piperidine rings is 1. The molecule has 2 aliphatic rings. The molecular formula is C24H32N4O. The van der Waals surface area contributed by atoms with Crippen molar-refractivity contribution < 1.29 is 4.79 Å². The number of aromatic nitrogens is 1. The van der Waals surface area contributed by atoms with Crippen molar-refractivity contribution in [2.75, 3.05) is 13.1 Å². The third-order valence-corrected chi connectivity index (χ3v) is 6.35. The monoisotopic (exact) mass is 392 g/mol. The van der Waals surface area contributed by atoms with Crippen LogP contribution in [0.25, 0.3) is 11.1 Å². The molecular weight excluding hydrogens is 360 g/mol. The summed E-state index contributed by atoms with van der Waals surface area (Å²) in [7, 11) is 0. The van der Waals surface area contributed by atoms with Gasteiger partial charge in [-0.1, -0.05) is 37.5 Å². The Kier molecular flexibility index (Phi) is 6.78. The van der Waals surface area contributed by atoms with Crippen LogP contribution in [0.4, 0.5) is 4.79 Å². The Labute approximate surface area is 173 Å². The number of likely N-dealkylation sites (tertiary alicyclic amines) is 1. The zero-order valence-electron chi connectivity index (χ0n) is 17.1. The van der Waals surface area contributed by atoms with Gasteiger partial charge in [0.15, 0.2) is 0 Å². The Morgan fingerprint density at radius 3 is 2.48 bits per heavy atom. The molecule has 2 N–H and O–H groups in total. The molecule has 29 heavy (non-hydrogen) atoms. The second-order valence-corrected chi connectivity index (χ2v) is 8.37. The molecule has 154 valence electrons. The second kappa shape index (κ2) is 9.88. The van der Waals surface area contributed by atoms with E-state index in [0.29, 0.717) is 6.54 Å². The Bertz CT molecular complexity index is 780. The van der Waals surface area contributed by atoms with E-state index in [1.54, 1.807) is 12.4 Å². The van der Waals surface area contributed by atoms with Gasteiger partial charge in [0, 0.05) is 44.1 Å². The lowest BCUT2D eigenvalue weighted by atomic mass is 9.92. The van der Waals surface area contributed by atoms with Crippen molar-refractivity contribution in [1.29, 1.82) is 0 Å². The summed E-state index contributed by atoms with van der Waals surface area (Å²) in [5.74, 6) is 0. The average molecular weight is 393 g/mol. The topological polar surface area (TPSA) is 57.3 Å². The third kappa shape index (κ3) is 5.57. The smallest absolute Gasteiger partial charge is 0.315 e. The predicted molar refractivity (Wildman–Crippen MR) is 117 cm³/mol. The van der Waals surface area contributed by atoms with Crippen molar-refractivity contribution >= 4 is 6.03 Å². The number of nitrogens with one attached hydrogen (secondary N) is 2. The van der Waals surface area contributed by atoms with Gasteiger partial charge < -0.3 is 15.5 Å². The molecule has 0 unspecified atom stereocenters. The highest BCUT2D eigenvalue weighted by molar-refractivity contribution is 5.74. The minimum Gasteiger partial charge on any atom is -0.335 e. The van der Waals surface area contributed by atoms with Crippen LogP contribution in [0.1, 0.15) is 50.5 Å². The SMILES string of the molecule is O=C(NCc1cccc(-c2ccncc2)c1)NC1CCN(C2CCCCC2)CC1. The van der Waals surface area contributed by atoms with Crippen LogP contribution in [-0.4, -0.2) is 41.1 Å². The van der Waals surface area contributed by atoms with Crippen molar-refractivity contribution in [3.63, 3.8) is 0 Å². The lowest BCUT2D eigenvalue weighted by Gasteiger charge is -2.39. The zero-order chi connectivity index (χ0) is 19.9. The Hall–Kier alpha value is -2.40. The van der Waals surface area contributed by atoms with Gasteiger partial charge in [-0.3, -0.25) is 4.98 Å². The number of benzene rings is 1. The molecule has 5 heteroatoms. The third-order valence-electron chi connectivity index (χ3n) is 6.35. The van der Waals surface area contributed by atoms with Crippen LogP contribution >= 0.6 is 0 Å². The van der Waals surface area contributed by atoms with Crippen molar-refractivity contribution in [2.24, 2.45) is 0 Å². The largest absolute Gasteiger partial charge is 0.335 e. The summed E-state index contributed by atoms with van der Waals surface area (Å²) in [5.41, 5.74) is 3.37. The molecule has 2 fully saturated rings. The van der Waals surface area contributed by atoms with Crippen LogP contribution in [0.2, 0.25) is 0 Å². The van der Waals surface area contributed by atoms with Gasteiger partial charge in [-0.05, 0) is 60.6 Å². The number of rotatable bonds is 5. The van der Waals surface area contributed by atoms with Gasteiger partial charge in [0.25, 0.3) is 0 Å². The normalized spacial score (nSPS) is 19.0. The predicted octanol–water partition coefficient (Wildman–Crippen LogP) is 4.34. The van der Waals surface area contributed by atoms with E-state index in [4.69, 9.17) is 0 Å². The van der Waals surface area contributed by atoms with Gasteiger partial charge in [-0.25, -0.2) is 4.79 Å². The molecule has 2 amide bonds. The molecule has 0 atom stereocenters. The van der Waals surface area contributed by atoms with E-state index in [-0.39, 0.29) is 12.1 Å². The van der Waals surface area contributed by atoms with E-state index in [2.05, 4.69) is 32.7 Å². The van der Waals surface area contributed by atoms with Gasteiger partial charge in [-0.15, -0.1) is 0 Å². The fraction of sp³-hybridized carbons (Fsp3) is 0.500. The number of hydrogen-bond donors (Lipinski definition) is 2. The van der Waals surface area contributed by atoms with Gasteiger partial charge in [0.05, 0.1) is 0 Å². The standard InChI is InChI=1S/C24H32N4O/c29-24(27-22-11-15-28(16-12-22)23-7-2-1-3-8-23)26-18-19-5-4-6-21(17-19)20-9-13-25-14-10-20/h4-6,9-10,13-14,17,22-23H,1-3,7-8,11-12,15-16,18H2,(H2,26,27,29). The lowest BCUT2D eigenvalue weighted by molar-refractivity contribution is 0.117. The van der Waals surface area contributed by atoms with E-state index >= 15 is 0 Å². The number of pyridine rings is 1. The summed E-state index contributed by atoms with van der Waals surface area (Å²) in [5, 5.41) is 6.20. The first-order valence-electron chi connectivity index (χ1n) is 11.1. The first-order chi connectivity index (χ1) is 14.3. The summed E-state index contributed by atoms with van der Waals surface area (Å²) >= 11 is 0. The fourth-order valence-corrected chi connectivity index (χ4v) is 4.68. The Balaban J connectivity index is 1.22. The Morgan fingerprint density at radius 1 is 0.966 bits per heavy atom. The van der Waals surface area contributed by atoms with E-state index in [0.717, 1.165) is 48.7 Å². The van der Waals surface area contributed by atoms with E-state index in [1.165, 1.54) is 32.1 Å². The summed E-state index contributed by atoms with van der Waals surface area (Å²) in [6.45, 7) is 2.76. The highest BCUT2D eigenvalue weighted by Crippen LogP contribution is 2.25. The molecule has 1 aromatic carbocycles. The van der Waals surface area contributed by atoms with Crippen LogP contribution in [0.15, 0.2) is 48.8 Å². The van der Waals surface area contributed by atoms with Crippen molar-refractivity contribution in [1.82, 2.24) is 20.5 Å². The molecule has 2 heterocycles. The molecule has 1 aromatic heterocycles. The first-order valence-corrected chi connectivity index (χ1v) is 11.1. The summed E-state index contributed by atoms with van der Waals surface area (Å²) in [6, 6.07) is 13.3. The van der Waals surface area contributed by atoms with Crippen LogP contribution in [0.5, 0.6) is 0 Å². The minimum absolute atomic E-state index is 0.0598. The highest BCUT2D eigenvalue weighted by atomic mass is 16.2. The molecule has 2 aromatic rings. The molecule has 0 bridgehead atoms. The van der Waals surface area contributed by atoms with Gasteiger partial charge in [0.2, 0.25) is 0 Å². The van der Waals surface area contributed by atoms with Crippen molar-refractivity contribution in [3.05, 3.63) is 54.4 Å². The minimum atomic E-state index is -0.0598. The zero-order valence-corrected chi connectivity index (χ0v) is 17.1. The Morgan fingerprint density at radius 2 is 1.72 bits per heavy atom. The van der Waals surface area contributed by atoms with E-state index in [9.17, 15) is 4.79 Å². The summed E-state index contributed by atoms with van der Waals surface area (Å²) < 4.78 is 0. The molecule has 0 radical (unpaired) electrons. The van der Waals surface area contributed by atoms with Gasteiger partial charge >= 0.3 is 6.03 Å². The van der Waals surface area contributed by atoms with Crippen LogP contribution in [0, 0.1) is 0 Å². The van der Waals surface area contributed by atoms with E-state index < -0.39 is 0 Å². The molecule has 1 aliphatic carbocycles. The molecule has 1 saturated carbocycles. The molecule has 4 rings (SSSR count). The van der Waals surface area contributed by atoms with E-state index in [1.807, 2.05) is 24.3 Å². The number of carbonyl (C=O) groups excluding carboxylic acids is 1. The summed E-state index contributed by atoms with van der Waals surface area (Å²) in [4.78, 5) is 19.1. The maximum absolute atomic E-state index is 12.4. The van der Waals surface area contributed by atoms with Crippen LogP contribution in [0.3, 0.4) is 0 Å². The molecule has 0 spiro atoms. The van der Waals surface area contributed by atoms with Gasteiger partial charge in [-0.2, -0.15) is 0 Å². The summed E-state index contributed by atoms with van der Waals surface area (Å²) in [6.07, 6.45) is 12.6. The fourth-order valence-electron chi connectivity index (χ4n) is 4.68. The second-order valence-electron chi connectivity index (χ2n) is 8.37. The maximum atomic E-state index is 12.4. The molecule has 5 nitrogen and oxygen atoms in total. The molecule has 1 aliphatic heterocycles. The molecule has 1 saturated heterocycles. The number of carbonyl (C=O) groups is 1. The van der Waals surface area contributed by atoms with Crippen LogP contribution < -0.4 is 10.6 Å². The quantitative estimate of drug-likeness (QED) is 0.796. The van der Waals surface area contributed by atoms with Crippen LogP contribution in [-0.2, 0) is 6.54 Å². The number of nitrogens with zero attached hydrogens (tertiary/aromatic N) is 2. The van der Waals surface area contributed by atoms with Crippen molar-refractivity contribution in [3.8, 4) is 11.1 Å². The number of amides is 2. The number of hydrogen-bond acceptors (Lipinski definition) is 3. The first kappa shape index (κ1) is 19.9. The highest BCUT2D eigenvalue weighted by Gasteiger charge is 2.26. The average Bonchev–Trinajstić information content (AvgIpc) is 2.80. The maximum Gasteiger partial charge on any atom is 0.315 e.